The zero-order valence-corrected chi connectivity index (χ0v) is 9.10. The van der Waals surface area contributed by atoms with Crippen molar-refractivity contribution in [3.63, 3.8) is 0 Å². The molecule has 0 atom stereocenters. The van der Waals surface area contributed by atoms with Gasteiger partial charge in [0.25, 0.3) is 0 Å². The summed E-state index contributed by atoms with van der Waals surface area (Å²) in [5.74, 6) is 0.375. The van der Waals surface area contributed by atoms with Gasteiger partial charge in [-0.3, -0.25) is 0 Å². The number of phenols is 1. The molecule has 0 spiro atoms. The number of aromatic hydroxyl groups is 1. The molecule has 0 amide bonds. The van der Waals surface area contributed by atoms with Crippen LogP contribution >= 0.6 is 11.8 Å². The Morgan fingerprint density at radius 2 is 2.21 bits per heavy atom. The first-order chi connectivity index (χ1) is 6.63. The first-order valence-electron chi connectivity index (χ1n) is 4.78. The summed E-state index contributed by atoms with van der Waals surface area (Å²) in [6.45, 7) is 0. The van der Waals surface area contributed by atoms with Crippen molar-refractivity contribution in [2.24, 2.45) is 5.73 Å². The topological polar surface area (TPSA) is 46.2 Å². The molecule has 3 heteroatoms. The van der Waals surface area contributed by atoms with Crippen molar-refractivity contribution >= 4 is 11.8 Å². The molecule has 1 aromatic carbocycles. The normalized spacial score (nSPS) is 18.1. The van der Waals surface area contributed by atoms with Crippen LogP contribution < -0.4 is 5.73 Å². The Hall–Kier alpha value is -0.670. The van der Waals surface area contributed by atoms with Crippen molar-refractivity contribution < 1.29 is 5.11 Å². The Morgan fingerprint density at radius 3 is 2.79 bits per heavy atom. The standard InChI is InChI=1S/C11H15NOS/c1-14-9-2-3-10(13)8(6-9)7-11(12)4-5-11/h2-3,6,13H,4-5,7,12H2,1H3. The quantitative estimate of drug-likeness (QED) is 0.750. The van der Waals surface area contributed by atoms with Crippen LogP contribution in [-0.2, 0) is 6.42 Å². The maximum atomic E-state index is 9.66. The van der Waals surface area contributed by atoms with Gasteiger partial charge in [-0.2, -0.15) is 0 Å². The molecule has 0 unspecified atom stereocenters. The van der Waals surface area contributed by atoms with Crippen molar-refractivity contribution in [3.05, 3.63) is 23.8 Å². The highest BCUT2D eigenvalue weighted by molar-refractivity contribution is 7.98. The lowest BCUT2D eigenvalue weighted by molar-refractivity contribution is 0.463. The first kappa shape index (κ1) is 9.87. The molecular formula is C11H15NOS. The van der Waals surface area contributed by atoms with E-state index in [4.69, 9.17) is 5.73 Å². The van der Waals surface area contributed by atoms with E-state index in [1.807, 2.05) is 18.4 Å². The highest BCUT2D eigenvalue weighted by Crippen LogP contribution is 2.38. The van der Waals surface area contributed by atoms with Gasteiger partial charge in [-0.15, -0.1) is 11.8 Å². The minimum atomic E-state index is -0.0332. The molecule has 0 aliphatic heterocycles. The molecular weight excluding hydrogens is 194 g/mol. The monoisotopic (exact) mass is 209 g/mol. The minimum Gasteiger partial charge on any atom is -0.508 e. The molecule has 14 heavy (non-hydrogen) atoms. The smallest absolute Gasteiger partial charge is 0.118 e. The van der Waals surface area contributed by atoms with Gasteiger partial charge in [0, 0.05) is 10.4 Å². The number of thioether (sulfide) groups is 1. The number of hydrogen-bond donors (Lipinski definition) is 2. The Balaban J connectivity index is 2.22. The molecule has 0 radical (unpaired) electrons. The van der Waals surface area contributed by atoms with E-state index in [-0.39, 0.29) is 5.54 Å². The molecule has 0 bridgehead atoms. The molecule has 76 valence electrons. The lowest BCUT2D eigenvalue weighted by Crippen LogP contribution is -2.24. The van der Waals surface area contributed by atoms with E-state index < -0.39 is 0 Å². The van der Waals surface area contributed by atoms with Crippen LogP contribution in [0.2, 0.25) is 0 Å². The second-order valence-corrected chi connectivity index (χ2v) is 4.91. The van der Waals surface area contributed by atoms with Crippen molar-refractivity contribution in [2.45, 2.75) is 29.7 Å². The third-order valence-corrected chi connectivity index (χ3v) is 3.45. The molecule has 3 N–H and O–H groups in total. The van der Waals surface area contributed by atoms with Crippen LogP contribution in [-0.4, -0.2) is 16.9 Å². The Morgan fingerprint density at radius 1 is 1.50 bits per heavy atom. The minimum absolute atomic E-state index is 0.0332. The largest absolute Gasteiger partial charge is 0.508 e. The van der Waals surface area contributed by atoms with Gasteiger partial charge in [-0.05, 0) is 49.3 Å². The maximum Gasteiger partial charge on any atom is 0.118 e. The van der Waals surface area contributed by atoms with Crippen molar-refractivity contribution in [2.75, 3.05) is 6.26 Å². The zero-order chi connectivity index (χ0) is 10.2. The predicted octanol–water partition coefficient (Wildman–Crippen LogP) is 2.15. The SMILES string of the molecule is CSc1ccc(O)c(CC2(N)CC2)c1. The molecule has 1 aromatic rings. The lowest BCUT2D eigenvalue weighted by atomic mass is 10.0. The molecule has 0 aromatic heterocycles. The Labute approximate surface area is 88.5 Å². The summed E-state index contributed by atoms with van der Waals surface area (Å²) < 4.78 is 0. The lowest BCUT2D eigenvalue weighted by Gasteiger charge is -2.11. The zero-order valence-electron chi connectivity index (χ0n) is 8.29. The summed E-state index contributed by atoms with van der Waals surface area (Å²) in [6, 6.07) is 5.72. The van der Waals surface area contributed by atoms with Crippen molar-refractivity contribution in [1.82, 2.24) is 0 Å². The molecule has 2 rings (SSSR count). The van der Waals surface area contributed by atoms with Gasteiger partial charge < -0.3 is 10.8 Å². The second-order valence-electron chi connectivity index (χ2n) is 4.03. The van der Waals surface area contributed by atoms with Crippen LogP contribution in [0.3, 0.4) is 0 Å². The van der Waals surface area contributed by atoms with Gasteiger partial charge in [0.2, 0.25) is 0 Å². The van der Waals surface area contributed by atoms with E-state index >= 15 is 0 Å². The van der Waals surface area contributed by atoms with Crippen molar-refractivity contribution in [3.8, 4) is 5.75 Å². The summed E-state index contributed by atoms with van der Waals surface area (Å²) in [6.07, 6.45) is 4.99. The molecule has 1 aliphatic rings. The van der Waals surface area contributed by atoms with Gasteiger partial charge in [0.05, 0.1) is 0 Å². The Kier molecular flexibility index (Phi) is 2.45. The summed E-state index contributed by atoms with van der Waals surface area (Å²) in [5, 5.41) is 9.66. The van der Waals surface area contributed by atoms with Gasteiger partial charge in [0.1, 0.15) is 5.75 Å². The number of rotatable bonds is 3. The van der Waals surface area contributed by atoms with E-state index in [2.05, 4.69) is 0 Å². The number of hydrogen-bond acceptors (Lipinski definition) is 3. The maximum absolute atomic E-state index is 9.66. The third-order valence-electron chi connectivity index (χ3n) is 2.72. The van der Waals surface area contributed by atoms with Crippen LogP contribution in [0.15, 0.2) is 23.1 Å². The number of benzene rings is 1. The molecule has 1 saturated carbocycles. The van der Waals surface area contributed by atoms with Crippen LogP contribution in [0.4, 0.5) is 0 Å². The predicted molar refractivity (Wildman–Crippen MR) is 59.7 cm³/mol. The third kappa shape index (κ3) is 2.04. The van der Waals surface area contributed by atoms with E-state index in [9.17, 15) is 5.11 Å². The average Bonchev–Trinajstić information content (AvgIpc) is 2.88. The molecule has 0 saturated heterocycles. The summed E-state index contributed by atoms with van der Waals surface area (Å²) in [5.41, 5.74) is 6.97. The van der Waals surface area contributed by atoms with Gasteiger partial charge in [0.15, 0.2) is 0 Å². The highest BCUT2D eigenvalue weighted by Gasteiger charge is 2.38. The fourth-order valence-corrected chi connectivity index (χ4v) is 2.01. The van der Waals surface area contributed by atoms with Gasteiger partial charge in [-0.25, -0.2) is 0 Å². The van der Waals surface area contributed by atoms with E-state index in [0.29, 0.717) is 5.75 Å². The molecule has 1 fully saturated rings. The Bertz CT molecular complexity index is 347. The fraction of sp³-hybridized carbons (Fsp3) is 0.455. The van der Waals surface area contributed by atoms with Gasteiger partial charge in [-0.1, -0.05) is 0 Å². The first-order valence-corrected chi connectivity index (χ1v) is 6.00. The van der Waals surface area contributed by atoms with E-state index in [1.54, 1.807) is 17.8 Å². The number of nitrogens with two attached hydrogens (primary N) is 1. The van der Waals surface area contributed by atoms with Crippen LogP contribution in [0.25, 0.3) is 0 Å². The molecule has 0 heterocycles. The second kappa shape index (κ2) is 3.48. The van der Waals surface area contributed by atoms with Crippen LogP contribution in [0.1, 0.15) is 18.4 Å². The van der Waals surface area contributed by atoms with Crippen LogP contribution in [0.5, 0.6) is 5.75 Å². The molecule has 2 nitrogen and oxygen atoms in total. The highest BCUT2D eigenvalue weighted by atomic mass is 32.2. The van der Waals surface area contributed by atoms with Gasteiger partial charge >= 0.3 is 0 Å². The van der Waals surface area contributed by atoms with E-state index in [1.165, 1.54) is 4.90 Å². The molecule has 1 aliphatic carbocycles. The summed E-state index contributed by atoms with van der Waals surface area (Å²) in [7, 11) is 0. The fourth-order valence-electron chi connectivity index (χ4n) is 1.55. The van der Waals surface area contributed by atoms with Crippen molar-refractivity contribution in [1.29, 1.82) is 0 Å². The van der Waals surface area contributed by atoms with Crippen LogP contribution in [0, 0.1) is 0 Å². The summed E-state index contributed by atoms with van der Waals surface area (Å²) in [4.78, 5) is 1.18. The van der Waals surface area contributed by atoms with E-state index in [0.717, 1.165) is 24.8 Å². The average molecular weight is 209 g/mol. The summed E-state index contributed by atoms with van der Waals surface area (Å²) >= 11 is 1.69. The number of phenolic OH excluding ortho intramolecular Hbond substituents is 1.